The number of hydrogen-bond acceptors (Lipinski definition) is 6. The van der Waals surface area contributed by atoms with Gasteiger partial charge in [-0.05, 0) is 24.3 Å². The van der Waals surface area contributed by atoms with E-state index in [1.807, 2.05) is 0 Å². The second-order valence-corrected chi connectivity index (χ2v) is 6.35. The smallest absolute Gasteiger partial charge is 0.450 e. The number of nitrogens with zero attached hydrogens (tertiary/aromatic N) is 5. The van der Waals surface area contributed by atoms with E-state index in [9.17, 15) is 27.2 Å². The minimum Gasteiger partial charge on any atom is -0.478 e. The number of alkyl halides is 3. The minimum atomic E-state index is -4.88. The first-order valence-corrected chi connectivity index (χ1v) is 8.71. The van der Waals surface area contributed by atoms with E-state index in [2.05, 4.69) is 25.3 Å². The summed E-state index contributed by atoms with van der Waals surface area (Å²) in [6, 6.07) is 4.46. The molecule has 3 aromatic heterocycles. The van der Waals surface area contributed by atoms with Crippen LogP contribution in [0.15, 0.2) is 49.1 Å². The van der Waals surface area contributed by atoms with Crippen molar-refractivity contribution in [2.75, 3.05) is 5.32 Å². The highest BCUT2D eigenvalue weighted by molar-refractivity contribution is 6.03. The molecule has 0 aliphatic carbocycles. The first kappa shape index (κ1) is 20.8. The number of carbonyl (C=O) groups excluding carboxylic acids is 1. The number of rotatable bonds is 4. The summed E-state index contributed by atoms with van der Waals surface area (Å²) in [4.78, 5) is 38.0. The van der Waals surface area contributed by atoms with E-state index in [0.29, 0.717) is 4.57 Å². The first-order chi connectivity index (χ1) is 15.1. The van der Waals surface area contributed by atoms with Crippen molar-refractivity contribution in [3.63, 3.8) is 0 Å². The van der Waals surface area contributed by atoms with Crippen LogP contribution in [0.4, 0.5) is 23.4 Å². The number of imidazole rings is 1. The summed E-state index contributed by atoms with van der Waals surface area (Å²) >= 11 is 0. The van der Waals surface area contributed by atoms with Crippen LogP contribution in [-0.4, -0.2) is 41.5 Å². The summed E-state index contributed by atoms with van der Waals surface area (Å²) in [5.74, 6) is -4.79. The largest absolute Gasteiger partial charge is 0.478 e. The molecule has 0 atom stereocenters. The van der Waals surface area contributed by atoms with Gasteiger partial charge in [0.2, 0.25) is 5.82 Å². The second-order valence-electron chi connectivity index (χ2n) is 6.35. The Morgan fingerprint density at radius 2 is 1.84 bits per heavy atom. The monoisotopic (exact) mass is 446 g/mol. The molecule has 2 N–H and O–H groups in total. The van der Waals surface area contributed by atoms with Crippen LogP contribution < -0.4 is 5.32 Å². The molecule has 0 fully saturated rings. The number of carboxylic acids is 1. The van der Waals surface area contributed by atoms with Gasteiger partial charge in [-0.25, -0.2) is 24.1 Å². The van der Waals surface area contributed by atoms with Crippen LogP contribution in [0.5, 0.6) is 0 Å². The molecule has 0 saturated heterocycles. The fourth-order valence-corrected chi connectivity index (χ4v) is 2.88. The van der Waals surface area contributed by atoms with Crippen LogP contribution in [0.25, 0.3) is 16.9 Å². The van der Waals surface area contributed by atoms with Crippen molar-refractivity contribution in [2.24, 2.45) is 0 Å². The number of benzene rings is 1. The molecule has 3 heterocycles. The van der Waals surface area contributed by atoms with Gasteiger partial charge in [-0.15, -0.1) is 0 Å². The van der Waals surface area contributed by atoms with Gasteiger partial charge in [0.05, 0.1) is 40.8 Å². The number of nitrogens with one attached hydrogen (secondary N) is 1. The number of anilines is 1. The topological polar surface area (TPSA) is 123 Å². The van der Waals surface area contributed by atoms with Crippen molar-refractivity contribution in [1.29, 1.82) is 0 Å². The molecule has 0 bridgehead atoms. The standard InChI is InChI=1S/C19H10F4N6O3/c20-11-6-24-4-3-10(11)16(30)28-14-7-26-15(8-25-14)29-13-2-1-9(17(31)32)5-12(13)27-18(29)19(21,22)23/h1-8H,(H,31,32)(H,25,28,30). The van der Waals surface area contributed by atoms with Crippen LogP contribution in [0.3, 0.4) is 0 Å². The van der Waals surface area contributed by atoms with Crippen molar-refractivity contribution < 1.29 is 32.3 Å². The van der Waals surface area contributed by atoms with E-state index in [1.165, 1.54) is 12.3 Å². The van der Waals surface area contributed by atoms with Crippen molar-refractivity contribution in [2.45, 2.75) is 6.18 Å². The average molecular weight is 446 g/mol. The van der Waals surface area contributed by atoms with Gasteiger partial charge in [0, 0.05) is 6.20 Å². The van der Waals surface area contributed by atoms with Crippen molar-refractivity contribution in [3.8, 4) is 5.82 Å². The summed E-state index contributed by atoms with van der Waals surface area (Å²) in [6.45, 7) is 0. The second kappa shape index (κ2) is 7.68. The predicted octanol–water partition coefficient (Wildman–Crippen LogP) is 3.32. The lowest BCUT2D eigenvalue weighted by molar-refractivity contribution is -0.145. The maximum absolute atomic E-state index is 13.7. The van der Waals surface area contributed by atoms with E-state index in [-0.39, 0.29) is 33.8 Å². The molecule has 32 heavy (non-hydrogen) atoms. The molecule has 1 aromatic carbocycles. The molecule has 162 valence electrons. The van der Waals surface area contributed by atoms with E-state index in [0.717, 1.165) is 36.8 Å². The number of pyridine rings is 1. The molecule has 0 unspecified atom stereocenters. The van der Waals surface area contributed by atoms with Crippen LogP contribution in [0.2, 0.25) is 0 Å². The van der Waals surface area contributed by atoms with Gasteiger partial charge >= 0.3 is 12.1 Å². The van der Waals surface area contributed by atoms with E-state index in [4.69, 9.17) is 5.11 Å². The van der Waals surface area contributed by atoms with Gasteiger partial charge in [-0.3, -0.25) is 14.3 Å². The predicted molar refractivity (Wildman–Crippen MR) is 101 cm³/mol. The van der Waals surface area contributed by atoms with Gasteiger partial charge in [0.1, 0.15) is 0 Å². The van der Waals surface area contributed by atoms with Crippen LogP contribution in [0, 0.1) is 5.82 Å². The number of carbonyl (C=O) groups is 2. The zero-order valence-corrected chi connectivity index (χ0v) is 15.6. The van der Waals surface area contributed by atoms with E-state index in [1.54, 1.807) is 0 Å². The fourth-order valence-electron chi connectivity index (χ4n) is 2.88. The van der Waals surface area contributed by atoms with Gasteiger partial charge in [0.15, 0.2) is 17.5 Å². The maximum Gasteiger partial charge on any atom is 0.450 e. The normalized spacial score (nSPS) is 11.5. The third kappa shape index (κ3) is 3.82. The summed E-state index contributed by atoms with van der Waals surface area (Å²) < 4.78 is 55.0. The molecule has 0 spiro atoms. The molecular weight excluding hydrogens is 436 g/mol. The Labute approximate surface area is 175 Å². The van der Waals surface area contributed by atoms with Gasteiger partial charge in [0.25, 0.3) is 5.91 Å². The molecule has 13 heteroatoms. The lowest BCUT2D eigenvalue weighted by Crippen LogP contribution is -2.17. The molecule has 0 aliphatic heterocycles. The van der Waals surface area contributed by atoms with Crippen LogP contribution in [0.1, 0.15) is 26.5 Å². The SMILES string of the molecule is O=C(O)c1ccc2c(c1)nc(C(F)(F)F)n2-c1cnc(NC(=O)c2ccncc2F)cn1. The highest BCUT2D eigenvalue weighted by Gasteiger charge is 2.38. The summed E-state index contributed by atoms with van der Waals surface area (Å²) in [7, 11) is 0. The Morgan fingerprint density at radius 1 is 1.06 bits per heavy atom. The lowest BCUT2D eigenvalue weighted by Gasteiger charge is -2.11. The molecule has 4 aromatic rings. The third-order valence-corrected chi connectivity index (χ3v) is 4.28. The highest BCUT2D eigenvalue weighted by Crippen LogP contribution is 2.33. The Bertz CT molecular complexity index is 1350. The molecule has 0 aliphatic rings. The third-order valence-electron chi connectivity index (χ3n) is 4.28. The first-order valence-electron chi connectivity index (χ1n) is 8.71. The number of fused-ring (bicyclic) bond motifs is 1. The Balaban J connectivity index is 1.72. The van der Waals surface area contributed by atoms with Crippen LogP contribution in [-0.2, 0) is 6.18 Å². The Hall–Kier alpha value is -4.42. The van der Waals surface area contributed by atoms with Gasteiger partial charge in [-0.2, -0.15) is 13.2 Å². The number of halogens is 4. The fraction of sp³-hybridized carbons (Fsp3) is 0.0526. The van der Waals surface area contributed by atoms with E-state index >= 15 is 0 Å². The molecular formula is C19H10F4N6O3. The van der Waals surface area contributed by atoms with Crippen molar-refractivity contribution >= 4 is 28.7 Å². The molecule has 0 saturated carbocycles. The molecule has 0 radical (unpaired) electrons. The highest BCUT2D eigenvalue weighted by atomic mass is 19.4. The summed E-state index contributed by atoms with van der Waals surface area (Å²) in [6.07, 6.45) is -0.868. The van der Waals surface area contributed by atoms with Gasteiger partial charge in [-0.1, -0.05) is 0 Å². The number of aromatic nitrogens is 5. The summed E-state index contributed by atoms with van der Waals surface area (Å²) in [5, 5.41) is 11.3. The molecule has 4 rings (SSSR count). The Morgan fingerprint density at radius 3 is 2.47 bits per heavy atom. The van der Waals surface area contributed by atoms with Crippen molar-refractivity contribution in [3.05, 3.63) is 71.8 Å². The zero-order chi connectivity index (χ0) is 23.0. The lowest BCUT2D eigenvalue weighted by atomic mass is 10.2. The molecule has 9 nitrogen and oxygen atoms in total. The number of hydrogen-bond donors (Lipinski definition) is 2. The number of aromatic carboxylic acids is 1. The zero-order valence-electron chi connectivity index (χ0n) is 15.6. The van der Waals surface area contributed by atoms with Crippen LogP contribution >= 0.6 is 0 Å². The Kier molecular flexibility index (Phi) is 5.00. The minimum absolute atomic E-state index is 0.0488. The number of amides is 1. The van der Waals surface area contributed by atoms with E-state index < -0.39 is 29.7 Å². The van der Waals surface area contributed by atoms with Crippen molar-refractivity contribution in [1.82, 2.24) is 24.5 Å². The average Bonchev–Trinajstić information content (AvgIpc) is 3.14. The summed E-state index contributed by atoms with van der Waals surface area (Å²) in [5.41, 5.74) is -0.791. The van der Waals surface area contributed by atoms with Gasteiger partial charge < -0.3 is 10.4 Å². The maximum atomic E-state index is 13.7. The molecule has 1 amide bonds. The number of carboxylic acid groups (broad SMARTS) is 1. The quantitative estimate of drug-likeness (QED) is 0.461.